The molecule has 1 aliphatic heterocycles. The maximum atomic E-state index is 12.5. The Hall–Kier alpha value is -1.49. The van der Waals surface area contributed by atoms with E-state index >= 15 is 0 Å². The number of amides is 2. The molecule has 0 saturated carbocycles. The van der Waals surface area contributed by atoms with Gasteiger partial charge < -0.3 is 9.79 Å². The van der Waals surface area contributed by atoms with Crippen molar-refractivity contribution < 1.29 is 23.9 Å². The molecule has 6 nitrogen and oxygen atoms in total. The average molecular weight is 311 g/mol. The average Bonchev–Trinajstić information content (AvgIpc) is 2.69. The number of imide groups is 1. The van der Waals surface area contributed by atoms with Crippen LogP contribution in [0.4, 0.5) is 0 Å². The van der Waals surface area contributed by atoms with Gasteiger partial charge in [0, 0.05) is 0 Å². The molecule has 1 aromatic carbocycles. The maximum absolute atomic E-state index is 12.5. The highest BCUT2D eigenvalue weighted by atomic mass is 31.2. The molecule has 2 N–H and O–H groups in total. The van der Waals surface area contributed by atoms with Crippen LogP contribution in [0.3, 0.4) is 0 Å². The number of carbonyl (C=O) groups excluding carboxylic acids is 2. The predicted molar refractivity (Wildman–Crippen MR) is 77.2 cm³/mol. The van der Waals surface area contributed by atoms with E-state index in [4.69, 9.17) is 0 Å². The lowest BCUT2D eigenvalue weighted by Crippen LogP contribution is -2.53. The number of benzene rings is 1. The molecule has 0 aromatic heterocycles. The molecule has 0 bridgehead atoms. The highest BCUT2D eigenvalue weighted by Crippen LogP contribution is 2.45. The molecular weight excluding hydrogens is 293 g/mol. The Kier molecular flexibility index (Phi) is 4.06. The minimum atomic E-state index is -4.37. The zero-order valence-corrected chi connectivity index (χ0v) is 12.8. The molecule has 2 rings (SSSR count). The number of hydrogen-bond acceptors (Lipinski definition) is 3. The molecule has 21 heavy (non-hydrogen) atoms. The molecule has 114 valence electrons. The van der Waals surface area contributed by atoms with Gasteiger partial charge in [-0.25, -0.2) is 0 Å². The zero-order chi connectivity index (χ0) is 15.8. The fourth-order valence-corrected chi connectivity index (χ4v) is 4.22. The normalized spacial score (nSPS) is 15.5. The minimum absolute atomic E-state index is 0.291. The van der Waals surface area contributed by atoms with Gasteiger partial charge in [0.2, 0.25) is 0 Å². The molecule has 1 heterocycles. The third-order valence-electron chi connectivity index (χ3n) is 4.08. The summed E-state index contributed by atoms with van der Waals surface area (Å²) >= 11 is 0. The van der Waals surface area contributed by atoms with Gasteiger partial charge in [0.05, 0.1) is 22.8 Å². The third kappa shape index (κ3) is 2.67. The number of hydrogen-bond donors (Lipinski definition) is 2. The van der Waals surface area contributed by atoms with E-state index in [1.807, 2.05) is 0 Å². The van der Waals surface area contributed by atoms with Crippen LogP contribution in [0.1, 0.15) is 47.4 Å². The van der Waals surface area contributed by atoms with Gasteiger partial charge in [0.1, 0.15) is 0 Å². The van der Waals surface area contributed by atoms with Crippen molar-refractivity contribution in [3.63, 3.8) is 0 Å². The summed E-state index contributed by atoms with van der Waals surface area (Å²) in [5.74, 6) is -0.958. The van der Waals surface area contributed by atoms with E-state index in [0.717, 1.165) is 4.90 Å². The van der Waals surface area contributed by atoms with Crippen molar-refractivity contribution in [1.29, 1.82) is 0 Å². The first-order valence-corrected chi connectivity index (χ1v) is 8.58. The van der Waals surface area contributed by atoms with Crippen LogP contribution in [0.2, 0.25) is 0 Å². The molecule has 0 spiro atoms. The Morgan fingerprint density at radius 2 is 1.48 bits per heavy atom. The zero-order valence-electron chi connectivity index (χ0n) is 11.9. The molecule has 0 unspecified atom stereocenters. The van der Waals surface area contributed by atoms with Gasteiger partial charge in [-0.1, -0.05) is 26.0 Å². The van der Waals surface area contributed by atoms with Crippen LogP contribution in [0.15, 0.2) is 24.3 Å². The molecular formula is C14H18NO5P. The van der Waals surface area contributed by atoms with Gasteiger partial charge in [0.15, 0.2) is 0 Å². The maximum Gasteiger partial charge on any atom is 0.327 e. The summed E-state index contributed by atoms with van der Waals surface area (Å²) in [4.78, 5) is 44.7. The highest BCUT2D eigenvalue weighted by molar-refractivity contribution is 7.51. The SMILES string of the molecule is CCC(CC)(CP(=O)(O)O)N1C(=O)c2ccccc2C1=O. The first kappa shape index (κ1) is 15.9. The van der Waals surface area contributed by atoms with Crippen LogP contribution in [0.25, 0.3) is 0 Å². The monoisotopic (exact) mass is 311 g/mol. The molecule has 0 fully saturated rings. The van der Waals surface area contributed by atoms with Crippen molar-refractivity contribution in [3.05, 3.63) is 35.4 Å². The number of rotatable bonds is 5. The summed E-state index contributed by atoms with van der Waals surface area (Å²) in [5.41, 5.74) is -0.578. The van der Waals surface area contributed by atoms with Crippen molar-refractivity contribution in [3.8, 4) is 0 Å². The number of fused-ring (bicyclic) bond motifs is 1. The van der Waals surface area contributed by atoms with E-state index in [1.165, 1.54) is 0 Å². The van der Waals surface area contributed by atoms with Gasteiger partial charge in [0.25, 0.3) is 11.8 Å². The quantitative estimate of drug-likeness (QED) is 0.641. The van der Waals surface area contributed by atoms with Gasteiger partial charge in [-0.2, -0.15) is 0 Å². The third-order valence-corrected chi connectivity index (χ3v) is 5.09. The number of carbonyl (C=O) groups is 2. The van der Waals surface area contributed by atoms with Crippen LogP contribution in [0, 0.1) is 0 Å². The molecule has 0 radical (unpaired) electrons. The molecule has 2 amide bonds. The predicted octanol–water partition coefficient (Wildman–Crippen LogP) is 2.02. The van der Waals surface area contributed by atoms with Crippen LogP contribution in [-0.2, 0) is 4.57 Å². The molecule has 1 aliphatic rings. The summed E-state index contributed by atoms with van der Waals surface area (Å²) < 4.78 is 11.5. The summed E-state index contributed by atoms with van der Waals surface area (Å²) in [6.45, 7) is 3.45. The van der Waals surface area contributed by atoms with Gasteiger partial charge in [-0.05, 0) is 25.0 Å². The van der Waals surface area contributed by atoms with Crippen LogP contribution < -0.4 is 0 Å². The van der Waals surface area contributed by atoms with Crippen molar-refractivity contribution in [1.82, 2.24) is 4.90 Å². The Bertz CT molecular complexity index is 597. The van der Waals surface area contributed by atoms with Crippen LogP contribution >= 0.6 is 7.60 Å². The smallest absolute Gasteiger partial charge is 0.324 e. The Balaban J connectivity index is 2.51. The van der Waals surface area contributed by atoms with Crippen molar-refractivity contribution in [2.75, 3.05) is 6.16 Å². The largest absolute Gasteiger partial charge is 0.327 e. The van der Waals surface area contributed by atoms with Crippen LogP contribution in [-0.4, -0.2) is 38.2 Å². The summed E-state index contributed by atoms with van der Waals surface area (Å²) in [6, 6.07) is 6.44. The fourth-order valence-electron chi connectivity index (χ4n) is 2.86. The second kappa shape index (κ2) is 5.37. The second-order valence-electron chi connectivity index (χ2n) is 5.25. The van der Waals surface area contributed by atoms with E-state index in [-0.39, 0.29) is 0 Å². The first-order valence-electron chi connectivity index (χ1n) is 6.78. The van der Waals surface area contributed by atoms with Gasteiger partial charge >= 0.3 is 7.60 Å². The van der Waals surface area contributed by atoms with E-state index in [1.54, 1.807) is 38.1 Å². The first-order chi connectivity index (χ1) is 9.75. The van der Waals surface area contributed by atoms with Gasteiger partial charge in [-0.15, -0.1) is 0 Å². The summed E-state index contributed by atoms with van der Waals surface area (Å²) in [6.07, 6.45) is 0.0681. The Morgan fingerprint density at radius 3 is 1.81 bits per heavy atom. The van der Waals surface area contributed by atoms with E-state index in [9.17, 15) is 23.9 Å². The van der Waals surface area contributed by atoms with E-state index < -0.39 is 31.1 Å². The van der Waals surface area contributed by atoms with E-state index in [0.29, 0.717) is 24.0 Å². The fraction of sp³-hybridized carbons (Fsp3) is 0.429. The lowest BCUT2D eigenvalue weighted by atomic mass is 9.93. The second-order valence-corrected chi connectivity index (χ2v) is 6.89. The molecule has 0 atom stereocenters. The Labute approximate surface area is 122 Å². The summed E-state index contributed by atoms with van der Waals surface area (Å²) in [5, 5.41) is 0. The molecule has 7 heteroatoms. The van der Waals surface area contributed by atoms with Crippen molar-refractivity contribution in [2.24, 2.45) is 0 Å². The van der Waals surface area contributed by atoms with Crippen molar-refractivity contribution in [2.45, 2.75) is 32.2 Å². The Morgan fingerprint density at radius 1 is 1.05 bits per heavy atom. The highest BCUT2D eigenvalue weighted by Gasteiger charge is 2.49. The number of nitrogens with zero attached hydrogens (tertiary/aromatic N) is 1. The van der Waals surface area contributed by atoms with Gasteiger partial charge in [-0.3, -0.25) is 19.1 Å². The summed E-state index contributed by atoms with van der Waals surface area (Å²) in [7, 11) is -4.37. The lowest BCUT2D eigenvalue weighted by Gasteiger charge is -2.39. The lowest BCUT2D eigenvalue weighted by molar-refractivity contribution is 0.0434. The molecule has 1 aromatic rings. The molecule has 0 saturated heterocycles. The minimum Gasteiger partial charge on any atom is -0.324 e. The van der Waals surface area contributed by atoms with E-state index in [2.05, 4.69) is 0 Å². The molecule has 0 aliphatic carbocycles. The standard InChI is InChI=1S/C14H18NO5P/c1-3-14(4-2,9-21(18,19)20)15-12(16)10-7-5-6-8-11(10)13(15)17/h5-8H,3-4,9H2,1-2H3,(H2,18,19,20). The van der Waals surface area contributed by atoms with Crippen molar-refractivity contribution >= 4 is 19.4 Å². The van der Waals surface area contributed by atoms with Crippen LogP contribution in [0.5, 0.6) is 0 Å². The topological polar surface area (TPSA) is 94.9 Å².